The second-order valence-corrected chi connectivity index (χ2v) is 9.35. The predicted octanol–water partition coefficient (Wildman–Crippen LogP) is 4.08. The van der Waals surface area contributed by atoms with E-state index in [4.69, 9.17) is 5.73 Å². The Balaban J connectivity index is 1.41. The van der Waals surface area contributed by atoms with Crippen LogP contribution in [0.4, 0.5) is 5.82 Å². The van der Waals surface area contributed by atoms with E-state index < -0.39 is 0 Å². The van der Waals surface area contributed by atoms with Gasteiger partial charge in [-0.25, -0.2) is 9.97 Å². The molecule has 2 aromatic rings. The van der Waals surface area contributed by atoms with Crippen LogP contribution < -0.4 is 11.1 Å². The van der Waals surface area contributed by atoms with E-state index in [2.05, 4.69) is 15.3 Å². The second-order valence-electron chi connectivity index (χ2n) is 7.33. The number of thiophene rings is 1. The fraction of sp³-hybridized carbons (Fsp3) is 0.632. The zero-order chi connectivity index (χ0) is 17.9. The number of anilines is 1. The Kier molecular flexibility index (Phi) is 5.64. The number of nitrogens with two attached hydrogens (primary N) is 1. The number of thioether (sulfide) groups is 1. The van der Waals surface area contributed by atoms with Gasteiger partial charge in [0.15, 0.2) is 5.16 Å². The van der Waals surface area contributed by atoms with Crippen LogP contribution in [-0.4, -0.2) is 27.7 Å². The number of carbonyl (C=O) groups is 1. The van der Waals surface area contributed by atoms with Gasteiger partial charge >= 0.3 is 0 Å². The molecule has 1 amide bonds. The Morgan fingerprint density at radius 2 is 1.88 bits per heavy atom. The Labute approximate surface area is 162 Å². The van der Waals surface area contributed by atoms with Crippen molar-refractivity contribution in [2.75, 3.05) is 11.5 Å². The van der Waals surface area contributed by atoms with Crippen LogP contribution in [0.15, 0.2) is 5.16 Å². The summed E-state index contributed by atoms with van der Waals surface area (Å²) in [7, 11) is 0. The summed E-state index contributed by atoms with van der Waals surface area (Å²) >= 11 is 3.14. The molecular formula is C19H26N4OS2. The average molecular weight is 391 g/mol. The van der Waals surface area contributed by atoms with E-state index >= 15 is 0 Å². The van der Waals surface area contributed by atoms with E-state index in [1.165, 1.54) is 60.7 Å². The van der Waals surface area contributed by atoms with Crippen LogP contribution in [0.5, 0.6) is 0 Å². The first-order valence-electron chi connectivity index (χ1n) is 9.70. The fourth-order valence-electron chi connectivity index (χ4n) is 4.05. The van der Waals surface area contributed by atoms with Crippen molar-refractivity contribution in [3.05, 3.63) is 10.4 Å². The van der Waals surface area contributed by atoms with Gasteiger partial charge in [0, 0.05) is 10.9 Å². The van der Waals surface area contributed by atoms with Crippen LogP contribution in [0.2, 0.25) is 0 Å². The maximum Gasteiger partial charge on any atom is 0.230 e. The molecule has 3 N–H and O–H groups in total. The highest BCUT2D eigenvalue weighted by Crippen LogP contribution is 2.38. The Hall–Kier alpha value is -1.34. The molecule has 0 saturated heterocycles. The molecule has 5 nitrogen and oxygen atoms in total. The van der Waals surface area contributed by atoms with Gasteiger partial charge in [-0.3, -0.25) is 4.79 Å². The summed E-state index contributed by atoms with van der Waals surface area (Å²) in [5.41, 5.74) is 7.60. The molecular weight excluding hydrogens is 364 g/mol. The van der Waals surface area contributed by atoms with Gasteiger partial charge < -0.3 is 11.1 Å². The largest absolute Gasteiger partial charge is 0.383 e. The van der Waals surface area contributed by atoms with Gasteiger partial charge in [0.1, 0.15) is 10.6 Å². The summed E-state index contributed by atoms with van der Waals surface area (Å²) in [6.07, 6.45) is 11.9. The van der Waals surface area contributed by atoms with Crippen molar-refractivity contribution in [1.29, 1.82) is 0 Å². The van der Waals surface area contributed by atoms with Crippen molar-refractivity contribution in [2.24, 2.45) is 0 Å². The molecule has 0 radical (unpaired) electrons. The zero-order valence-electron chi connectivity index (χ0n) is 15.1. The minimum Gasteiger partial charge on any atom is -0.383 e. The number of rotatable bonds is 4. The molecule has 4 rings (SSSR count). The summed E-state index contributed by atoms with van der Waals surface area (Å²) in [6, 6.07) is 0.336. The molecule has 0 spiro atoms. The summed E-state index contributed by atoms with van der Waals surface area (Å²) in [4.78, 5) is 23.8. The molecule has 2 aromatic heterocycles. The minimum absolute atomic E-state index is 0.0784. The van der Waals surface area contributed by atoms with Crippen LogP contribution in [0, 0.1) is 0 Å². The van der Waals surface area contributed by atoms with Crippen LogP contribution >= 0.6 is 23.1 Å². The number of carbonyl (C=O) groups excluding carboxylic acids is 1. The first-order valence-corrected chi connectivity index (χ1v) is 11.5. The summed E-state index contributed by atoms with van der Waals surface area (Å²) in [6.45, 7) is 0. The van der Waals surface area contributed by atoms with Crippen LogP contribution in [0.3, 0.4) is 0 Å². The van der Waals surface area contributed by atoms with E-state index in [1.54, 1.807) is 11.3 Å². The molecule has 0 aromatic carbocycles. The average Bonchev–Trinajstić information content (AvgIpc) is 2.82. The number of hydrogen-bond donors (Lipinski definition) is 2. The highest BCUT2D eigenvalue weighted by atomic mass is 32.2. The number of nitrogens with zero attached hydrogens (tertiary/aromatic N) is 2. The van der Waals surface area contributed by atoms with Gasteiger partial charge in [0.25, 0.3) is 0 Å². The highest BCUT2D eigenvalue weighted by molar-refractivity contribution is 7.99. The van der Waals surface area contributed by atoms with E-state index in [-0.39, 0.29) is 5.91 Å². The second kappa shape index (κ2) is 8.13. The van der Waals surface area contributed by atoms with Crippen LogP contribution in [-0.2, 0) is 17.6 Å². The number of nitrogens with one attached hydrogen (secondary N) is 1. The van der Waals surface area contributed by atoms with Crippen molar-refractivity contribution in [3.8, 4) is 0 Å². The minimum atomic E-state index is 0.0784. The first kappa shape index (κ1) is 18.0. The zero-order valence-corrected chi connectivity index (χ0v) is 16.7. The number of hydrogen-bond acceptors (Lipinski definition) is 6. The Morgan fingerprint density at radius 1 is 1.12 bits per heavy atom. The quantitative estimate of drug-likeness (QED) is 0.467. The molecule has 0 bridgehead atoms. The van der Waals surface area contributed by atoms with Gasteiger partial charge in [-0.2, -0.15) is 0 Å². The predicted molar refractivity (Wildman–Crippen MR) is 109 cm³/mol. The fourth-order valence-corrected chi connectivity index (χ4v) is 6.04. The number of amides is 1. The van der Waals surface area contributed by atoms with Crippen molar-refractivity contribution in [1.82, 2.24) is 15.3 Å². The van der Waals surface area contributed by atoms with E-state index in [1.807, 2.05) is 0 Å². The number of nitrogen functional groups attached to an aromatic ring is 1. The maximum atomic E-state index is 12.3. The van der Waals surface area contributed by atoms with Crippen molar-refractivity contribution in [3.63, 3.8) is 0 Å². The molecule has 0 atom stereocenters. The monoisotopic (exact) mass is 390 g/mol. The number of fused-ring (bicyclic) bond motifs is 3. The van der Waals surface area contributed by atoms with Gasteiger partial charge in [-0.05, 0) is 44.1 Å². The molecule has 7 heteroatoms. The van der Waals surface area contributed by atoms with Gasteiger partial charge in [0.05, 0.1) is 11.1 Å². The highest BCUT2D eigenvalue weighted by Gasteiger charge is 2.21. The topological polar surface area (TPSA) is 80.9 Å². The lowest BCUT2D eigenvalue weighted by atomic mass is 9.97. The standard InChI is InChI=1S/C19H26N4OS2/c20-17-16-13-9-5-6-10-14(13)26-18(16)23-19(22-17)25-11-15(24)21-12-7-3-1-2-4-8-12/h12H,1-11H2,(H,21,24)(H2,20,22,23). The maximum absolute atomic E-state index is 12.3. The molecule has 2 heterocycles. The lowest BCUT2D eigenvalue weighted by Crippen LogP contribution is -2.35. The Bertz CT molecular complexity index is 796. The molecule has 1 fully saturated rings. The molecule has 26 heavy (non-hydrogen) atoms. The van der Waals surface area contributed by atoms with Crippen molar-refractivity contribution < 1.29 is 4.79 Å². The van der Waals surface area contributed by atoms with Crippen LogP contribution in [0.25, 0.3) is 10.2 Å². The lowest BCUT2D eigenvalue weighted by molar-refractivity contribution is -0.119. The molecule has 140 valence electrons. The smallest absolute Gasteiger partial charge is 0.230 e. The van der Waals surface area contributed by atoms with E-state index in [0.29, 0.717) is 22.8 Å². The van der Waals surface area contributed by atoms with Crippen LogP contribution in [0.1, 0.15) is 61.8 Å². The van der Waals surface area contributed by atoms with E-state index in [9.17, 15) is 4.79 Å². The molecule has 0 unspecified atom stereocenters. The third-order valence-corrected chi connectivity index (χ3v) is 7.41. The third-order valence-electron chi connectivity index (χ3n) is 5.37. The third kappa shape index (κ3) is 3.98. The van der Waals surface area contributed by atoms with Crippen molar-refractivity contribution in [2.45, 2.75) is 75.4 Å². The van der Waals surface area contributed by atoms with Gasteiger partial charge in [-0.1, -0.05) is 37.4 Å². The van der Waals surface area contributed by atoms with E-state index in [0.717, 1.165) is 35.9 Å². The van der Waals surface area contributed by atoms with Gasteiger partial charge in [0.2, 0.25) is 5.91 Å². The normalized spacial score (nSPS) is 18.5. The summed E-state index contributed by atoms with van der Waals surface area (Å²) in [5, 5.41) is 4.84. The number of aryl methyl sites for hydroxylation is 2. The van der Waals surface area contributed by atoms with Crippen molar-refractivity contribution >= 4 is 45.0 Å². The van der Waals surface area contributed by atoms with Gasteiger partial charge in [-0.15, -0.1) is 11.3 Å². The lowest BCUT2D eigenvalue weighted by Gasteiger charge is -2.15. The SMILES string of the molecule is Nc1nc(SCC(=O)NC2CCCCCC2)nc2sc3c(c12)CCCC3. The first-order chi connectivity index (χ1) is 12.7. The number of aromatic nitrogens is 2. The Morgan fingerprint density at radius 3 is 2.69 bits per heavy atom. The molecule has 0 aliphatic heterocycles. The summed E-state index contributed by atoms with van der Waals surface area (Å²) < 4.78 is 0. The molecule has 1 saturated carbocycles. The summed E-state index contributed by atoms with van der Waals surface area (Å²) in [5.74, 6) is 1.00. The molecule has 2 aliphatic carbocycles. The molecule has 2 aliphatic rings.